The molecule has 2 saturated carbocycles. The van der Waals surface area contributed by atoms with Gasteiger partial charge in [-0.15, -0.1) is 0 Å². The summed E-state index contributed by atoms with van der Waals surface area (Å²) >= 11 is 0. The molecule has 0 bridgehead atoms. The van der Waals surface area contributed by atoms with Crippen LogP contribution < -0.4 is 4.74 Å². The van der Waals surface area contributed by atoms with Crippen LogP contribution in [-0.2, 0) is 16.0 Å². The van der Waals surface area contributed by atoms with Crippen molar-refractivity contribution < 1.29 is 44.9 Å². The summed E-state index contributed by atoms with van der Waals surface area (Å²) in [5.74, 6) is -0.497. The second-order valence-corrected chi connectivity index (χ2v) is 10.4. The van der Waals surface area contributed by atoms with Gasteiger partial charge in [0.25, 0.3) is 0 Å². The molecule has 0 amide bonds. The van der Waals surface area contributed by atoms with E-state index >= 15 is 0 Å². The third-order valence-electron chi connectivity index (χ3n) is 8.81. The van der Waals surface area contributed by atoms with Crippen LogP contribution in [0.25, 0.3) is 0 Å². The maximum absolute atomic E-state index is 11.4. The second kappa shape index (κ2) is 8.09. The third-order valence-corrected chi connectivity index (χ3v) is 8.81. The summed E-state index contributed by atoms with van der Waals surface area (Å²) in [5, 5.41) is 60.6. The summed E-state index contributed by atoms with van der Waals surface area (Å²) in [5.41, 5.74) is 2.04. The molecule has 0 aromatic heterocycles. The van der Waals surface area contributed by atoms with Crippen LogP contribution in [0.15, 0.2) is 12.1 Å². The van der Waals surface area contributed by atoms with E-state index in [1.54, 1.807) is 12.1 Å². The molecule has 4 aliphatic rings. The lowest BCUT2D eigenvalue weighted by molar-refractivity contribution is -0.271. The van der Waals surface area contributed by atoms with Gasteiger partial charge in [-0.2, -0.15) is 0 Å². The molecule has 182 valence electrons. The van der Waals surface area contributed by atoms with Gasteiger partial charge in [0.2, 0.25) is 6.29 Å². The highest BCUT2D eigenvalue weighted by Crippen LogP contribution is 2.61. The van der Waals surface area contributed by atoms with Gasteiger partial charge in [0, 0.05) is 0 Å². The molecule has 3 fully saturated rings. The van der Waals surface area contributed by atoms with Crippen LogP contribution in [0.2, 0.25) is 0 Å². The first-order valence-corrected chi connectivity index (χ1v) is 11.7. The van der Waals surface area contributed by atoms with Gasteiger partial charge >= 0.3 is 5.97 Å². The van der Waals surface area contributed by atoms with E-state index in [4.69, 9.17) is 9.47 Å². The summed E-state index contributed by atoms with van der Waals surface area (Å²) in [6.45, 7) is 2.20. The largest absolute Gasteiger partial charge is 0.504 e. The standard InChI is InChI=1S/C24H32O9/c1-24-7-6-11-12(14(24)4-5-17(24)26)3-2-10-8-15(25)16(9-13(10)11)32-23-20(29)18(27)19(28)21(33-23)22(30)31/h8-9,11-12,14,17-21,23,25-29H,2-7H2,1H3,(H,30,31)/t11-,12+,14-,17-,18-,19-,20+,21-,23+,24-/m0/s1. The van der Waals surface area contributed by atoms with E-state index in [1.807, 2.05) is 0 Å². The van der Waals surface area contributed by atoms with Gasteiger partial charge in [0.05, 0.1) is 6.10 Å². The van der Waals surface area contributed by atoms with E-state index in [2.05, 4.69) is 6.92 Å². The van der Waals surface area contributed by atoms with E-state index in [-0.39, 0.29) is 28.9 Å². The normalized spacial score (nSPS) is 44.5. The molecule has 5 rings (SSSR count). The molecule has 1 aromatic carbocycles. The molecule has 10 atom stereocenters. The molecule has 9 nitrogen and oxygen atoms in total. The summed E-state index contributed by atoms with van der Waals surface area (Å²) < 4.78 is 10.9. The number of hydrogen-bond acceptors (Lipinski definition) is 8. The Kier molecular flexibility index (Phi) is 5.61. The number of phenolic OH excluding ortho intramolecular Hbond substituents is 1. The molecule has 9 heteroatoms. The number of carbonyl (C=O) groups is 1. The van der Waals surface area contributed by atoms with Crippen LogP contribution in [0, 0.1) is 17.3 Å². The molecule has 1 saturated heterocycles. The fraction of sp³-hybridized carbons (Fsp3) is 0.708. The summed E-state index contributed by atoms with van der Waals surface area (Å²) in [4.78, 5) is 11.4. The van der Waals surface area contributed by atoms with E-state index < -0.39 is 36.7 Å². The molecule has 1 heterocycles. The highest BCUT2D eigenvalue weighted by molar-refractivity contribution is 5.73. The molecular weight excluding hydrogens is 432 g/mol. The highest BCUT2D eigenvalue weighted by Gasteiger charge is 2.54. The zero-order valence-corrected chi connectivity index (χ0v) is 18.5. The SMILES string of the molecule is C[C@]12CC[C@@H]3c4cc(O[C@@H]5O[C@H](C(=O)O)[C@@H](O)[C@H](O)[C@H]5O)c(O)cc4CC[C@H]3[C@@H]1CC[C@@H]2O. The van der Waals surface area contributed by atoms with Crippen molar-refractivity contribution >= 4 is 5.97 Å². The average Bonchev–Trinajstić information content (AvgIpc) is 3.08. The number of carboxylic acids is 1. The van der Waals surface area contributed by atoms with Gasteiger partial charge in [-0.05, 0) is 85.0 Å². The third kappa shape index (κ3) is 3.52. The number of aromatic hydroxyl groups is 1. The van der Waals surface area contributed by atoms with Gasteiger partial charge in [-0.1, -0.05) is 6.92 Å². The van der Waals surface area contributed by atoms with Crippen LogP contribution in [0.4, 0.5) is 0 Å². The molecule has 6 N–H and O–H groups in total. The van der Waals surface area contributed by atoms with E-state index in [0.717, 1.165) is 49.7 Å². The molecule has 0 radical (unpaired) electrons. The zero-order valence-electron chi connectivity index (χ0n) is 18.5. The van der Waals surface area contributed by atoms with Crippen LogP contribution >= 0.6 is 0 Å². The van der Waals surface area contributed by atoms with Gasteiger partial charge in [-0.25, -0.2) is 4.79 Å². The summed E-state index contributed by atoms with van der Waals surface area (Å²) in [6.07, 6.45) is -3.42. The van der Waals surface area contributed by atoms with Gasteiger partial charge < -0.3 is 40.1 Å². The Bertz CT molecular complexity index is 935. The predicted octanol–water partition coefficient (Wildman–Crippen LogP) is 0.880. The van der Waals surface area contributed by atoms with Gasteiger partial charge in [0.1, 0.15) is 18.3 Å². The second-order valence-electron chi connectivity index (χ2n) is 10.4. The van der Waals surface area contributed by atoms with Crippen molar-refractivity contribution in [1.29, 1.82) is 0 Å². The Balaban J connectivity index is 1.42. The lowest BCUT2D eigenvalue weighted by Gasteiger charge is -2.50. The fourth-order valence-electron chi connectivity index (χ4n) is 6.93. The van der Waals surface area contributed by atoms with Crippen LogP contribution in [0.3, 0.4) is 0 Å². The van der Waals surface area contributed by atoms with Crippen molar-refractivity contribution in [2.45, 2.75) is 88.2 Å². The monoisotopic (exact) mass is 464 g/mol. The molecule has 3 aliphatic carbocycles. The van der Waals surface area contributed by atoms with Crippen molar-refractivity contribution in [1.82, 2.24) is 0 Å². The zero-order chi connectivity index (χ0) is 23.7. The lowest BCUT2D eigenvalue weighted by atomic mass is 9.55. The smallest absolute Gasteiger partial charge is 0.335 e. The van der Waals surface area contributed by atoms with Crippen LogP contribution in [0.1, 0.15) is 56.1 Å². The fourth-order valence-corrected chi connectivity index (χ4v) is 6.93. The Labute approximate surface area is 191 Å². The number of fused-ring (bicyclic) bond motifs is 5. The number of aryl methyl sites for hydroxylation is 1. The number of aliphatic carboxylic acids is 1. The molecule has 0 unspecified atom stereocenters. The Morgan fingerprint density at radius 1 is 1.06 bits per heavy atom. The Hall–Kier alpha value is -1.91. The minimum atomic E-state index is -1.81. The number of aliphatic hydroxyl groups excluding tert-OH is 4. The van der Waals surface area contributed by atoms with E-state index in [9.17, 15) is 35.4 Å². The minimum Gasteiger partial charge on any atom is -0.504 e. The summed E-state index contributed by atoms with van der Waals surface area (Å²) in [7, 11) is 0. The van der Waals surface area contributed by atoms with E-state index in [0.29, 0.717) is 11.8 Å². The van der Waals surface area contributed by atoms with Crippen molar-refractivity contribution in [3.63, 3.8) is 0 Å². The van der Waals surface area contributed by atoms with Gasteiger partial charge in [0.15, 0.2) is 17.6 Å². The first-order valence-electron chi connectivity index (χ1n) is 11.7. The number of phenols is 1. The molecule has 0 spiro atoms. The number of hydrogen-bond donors (Lipinski definition) is 6. The molecule has 1 aromatic rings. The number of rotatable bonds is 3. The lowest BCUT2D eigenvalue weighted by Crippen LogP contribution is -2.61. The Morgan fingerprint density at radius 3 is 2.55 bits per heavy atom. The van der Waals surface area contributed by atoms with E-state index in [1.165, 1.54) is 0 Å². The number of benzene rings is 1. The number of aliphatic hydroxyl groups is 4. The first kappa shape index (κ1) is 22.9. The number of carboxylic acid groups (broad SMARTS) is 1. The first-order chi connectivity index (χ1) is 15.6. The quantitative estimate of drug-likeness (QED) is 0.382. The van der Waals surface area contributed by atoms with Gasteiger partial charge in [-0.3, -0.25) is 0 Å². The van der Waals surface area contributed by atoms with Crippen molar-refractivity contribution in [3.8, 4) is 11.5 Å². The Morgan fingerprint density at radius 2 is 1.82 bits per heavy atom. The highest BCUT2D eigenvalue weighted by atomic mass is 16.7. The minimum absolute atomic E-state index is 0.0333. The topological polar surface area (TPSA) is 157 Å². The average molecular weight is 465 g/mol. The molecule has 1 aliphatic heterocycles. The van der Waals surface area contributed by atoms with Crippen molar-refractivity contribution in [3.05, 3.63) is 23.3 Å². The molecule has 33 heavy (non-hydrogen) atoms. The maximum Gasteiger partial charge on any atom is 0.335 e. The van der Waals surface area contributed by atoms with Crippen LogP contribution in [-0.4, -0.2) is 73.4 Å². The number of ether oxygens (including phenoxy) is 2. The molecular formula is C24H32O9. The van der Waals surface area contributed by atoms with Crippen molar-refractivity contribution in [2.75, 3.05) is 0 Å². The van der Waals surface area contributed by atoms with Crippen LogP contribution in [0.5, 0.6) is 11.5 Å². The maximum atomic E-state index is 11.4. The summed E-state index contributed by atoms with van der Waals surface area (Å²) in [6, 6.07) is 3.38. The van der Waals surface area contributed by atoms with Crippen molar-refractivity contribution in [2.24, 2.45) is 17.3 Å². The predicted molar refractivity (Wildman–Crippen MR) is 114 cm³/mol.